The number of phenolic OH excluding ortho intramolecular Hbond substituents is 2. The van der Waals surface area contributed by atoms with Gasteiger partial charge in [0, 0.05) is 25.7 Å². The maximum Gasteiger partial charge on any atom is 0.306 e. The van der Waals surface area contributed by atoms with Gasteiger partial charge in [0.05, 0.1) is 13.1 Å². The van der Waals surface area contributed by atoms with E-state index in [0.29, 0.717) is 24.3 Å². The van der Waals surface area contributed by atoms with Gasteiger partial charge in [-0.1, -0.05) is 107 Å². The number of hydrogen-bond donors (Lipinski definition) is 4. The van der Waals surface area contributed by atoms with Crippen LogP contribution in [0.2, 0.25) is 0 Å². The van der Waals surface area contributed by atoms with E-state index in [1.807, 2.05) is 107 Å². The zero-order chi connectivity index (χ0) is 39.7. The van der Waals surface area contributed by atoms with E-state index in [2.05, 4.69) is 10.6 Å². The summed E-state index contributed by atoms with van der Waals surface area (Å²) in [5.41, 5.74) is 4.20. The Kier molecular flexibility index (Phi) is 15.3. The Bertz CT molecular complexity index is 1380. The van der Waals surface area contributed by atoms with Crippen LogP contribution in [-0.2, 0) is 63.2 Å². The molecule has 0 aliphatic carbocycles. The molecular weight excluding hydrogens is 660 g/mol. The molecule has 0 aromatic heterocycles. The van der Waals surface area contributed by atoms with Crippen LogP contribution in [0.5, 0.6) is 11.5 Å². The van der Waals surface area contributed by atoms with Gasteiger partial charge in [0.15, 0.2) is 0 Å². The van der Waals surface area contributed by atoms with Crippen molar-refractivity contribution in [3.05, 3.63) is 57.6 Å². The summed E-state index contributed by atoms with van der Waals surface area (Å²) < 4.78 is 10.6. The third kappa shape index (κ3) is 14.2. The Hall–Kier alpha value is -4.08. The van der Waals surface area contributed by atoms with E-state index < -0.39 is 0 Å². The lowest BCUT2D eigenvalue weighted by Gasteiger charge is -2.28. The Morgan fingerprint density at radius 2 is 0.769 bits per heavy atom. The monoisotopic (exact) mass is 724 g/mol. The Labute approximate surface area is 311 Å². The minimum absolute atomic E-state index is 0.0143. The van der Waals surface area contributed by atoms with E-state index >= 15 is 0 Å². The highest BCUT2D eigenvalue weighted by Crippen LogP contribution is 2.41. The number of phenols is 2. The van der Waals surface area contributed by atoms with Gasteiger partial charge in [-0.2, -0.15) is 0 Å². The molecule has 0 spiro atoms. The summed E-state index contributed by atoms with van der Waals surface area (Å²) in [6.45, 7) is 24.8. The van der Waals surface area contributed by atoms with Crippen LogP contribution in [0.1, 0.15) is 142 Å². The second-order valence-corrected chi connectivity index (χ2v) is 17.7. The number of ether oxygens (including phenoxy) is 2. The van der Waals surface area contributed by atoms with Gasteiger partial charge >= 0.3 is 11.9 Å². The largest absolute Gasteiger partial charge is 0.507 e. The molecular formula is C42H64N2O8. The van der Waals surface area contributed by atoms with Gasteiger partial charge in [0.1, 0.15) is 24.7 Å². The third-order valence-electron chi connectivity index (χ3n) is 8.76. The van der Waals surface area contributed by atoms with E-state index in [1.54, 1.807) is 0 Å². The Morgan fingerprint density at radius 1 is 0.500 bits per heavy atom. The standard InChI is InChI=1S/C42H64N2O8/c1-39(2,3)29-23-27(24-30(37(29)49)40(4,5)6)13-17-35(47)51-21-19-43-33(45)15-16-34(46)44-20-22-52-36(48)18-14-28-25-31(41(7,8)9)38(50)32(26-28)42(10,11)12/h23-26,49-50H,13-22H2,1-12H3,(H,43,45)(H,44,46). The summed E-state index contributed by atoms with van der Waals surface area (Å²) in [4.78, 5) is 49.2. The fourth-order valence-electron chi connectivity index (χ4n) is 5.72. The molecule has 2 aromatic carbocycles. The summed E-state index contributed by atoms with van der Waals surface area (Å²) in [5.74, 6) is -0.870. The van der Waals surface area contributed by atoms with Crippen LogP contribution in [0, 0.1) is 0 Å². The lowest BCUT2D eigenvalue weighted by Crippen LogP contribution is -2.31. The van der Waals surface area contributed by atoms with Crippen molar-refractivity contribution in [2.45, 2.75) is 143 Å². The Balaban J connectivity index is 1.67. The van der Waals surface area contributed by atoms with Gasteiger partial charge in [-0.15, -0.1) is 0 Å². The van der Waals surface area contributed by atoms with E-state index in [1.165, 1.54) is 0 Å². The minimum Gasteiger partial charge on any atom is -0.507 e. The zero-order valence-corrected chi connectivity index (χ0v) is 33.7. The van der Waals surface area contributed by atoms with Crippen molar-refractivity contribution >= 4 is 23.8 Å². The zero-order valence-electron chi connectivity index (χ0n) is 33.7. The number of aromatic hydroxyl groups is 2. The molecule has 2 rings (SSSR count). The van der Waals surface area contributed by atoms with E-state index in [0.717, 1.165) is 33.4 Å². The SMILES string of the molecule is CC(C)(C)c1cc(CCC(=O)OCCNC(=O)CCC(=O)NCCOC(=O)CCc2cc(C(C)(C)C)c(O)c(C(C)(C)C)c2)cc(C(C)(C)C)c1O. The summed E-state index contributed by atoms with van der Waals surface area (Å²) in [7, 11) is 0. The first-order chi connectivity index (χ1) is 23.8. The number of esters is 2. The van der Waals surface area contributed by atoms with Crippen molar-refractivity contribution in [1.82, 2.24) is 10.6 Å². The number of carbonyl (C=O) groups excluding carboxylic acids is 4. The molecule has 10 nitrogen and oxygen atoms in total. The number of rotatable bonds is 15. The molecule has 4 N–H and O–H groups in total. The summed E-state index contributed by atoms with van der Waals surface area (Å²) >= 11 is 0. The third-order valence-corrected chi connectivity index (χ3v) is 8.76. The van der Waals surface area contributed by atoms with Gasteiger partial charge in [-0.25, -0.2) is 0 Å². The quantitative estimate of drug-likeness (QED) is 0.114. The van der Waals surface area contributed by atoms with Crippen LogP contribution in [0.25, 0.3) is 0 Å². The average molecular weight is 725 g/mol. The van der Waals surface area contributed by atoms with Crippen molar-refractivity contribution in [2.24, 2.45) is 0 Å². The first-order valence-corrected chi connectivity index (χ1v) is 18.4. The molecule has 0 saturated heterocycles. The van der Waals surface area contributed by atoms with Crippen molar-refractivity contribution in [2.75, 3.05) is 26.3 Å². The van der Waals surface area contributed by atoms with Crippen LogP contribution in [0.3, 0.4) is 0 Å². The molecule has 10 heteroatoms. The van der Waals surface area contributed by atoms with Crippen LogP contribution >= 0.6 is 0 Å². The van der Waals surface area contributed by atoms with Gasteiger partial charge in [0.25, 0.3) is 0 Å². The summed E-state index contributed by atoms with van der Waals surface area (Å²) in [6.07, 6.45) is 1.18. The van der Waals surface area contributed by atoms with E-state index in [9.17, 15) is 29.4 Å². The van der Waals surface area contributed by atoms with Crippen LogP contribution in [0.4, 0.5) is 0 Å². The van der Waals surface area contributed by atoms with Crippen LogP contribution in [0.15, 0.2) is 24.3 Å². The van der Waals surface area contributed by atoms with Crippen molar-refractivity contribution in [3.63, 3.8) is 0 Å². The smallest absolute Gasteiger partial charge is 0.306 e. The van der Waals surface area contributed by atoms with E-state index in [4.69, 9.17) is 9.47 Å². The number of carbonyl (C=O) groups is 4. The fraction of sp³-hybridized carbons (Fsp3) is 0.619. The van der Waals surface area contributed by atoms with Gasteiger partial charge in [-0.05, 0) is 67.9 Å². The molecule has 2 amide bonds. The lowest BCUT2D eigenvalue weighted by molar-refractivity contribution is -0.144. The molecule has 0 unspecified atom stereocenters. The number of amides is 2. The highest BCUT2D eigenvalue weighted by atomic mass is 16.5. The molecule has 0 fully saturated rings. The first-order valence-electron chi connectivity index (χ1n) is 18.4. The number of aryl methyl sites for hydroxylation is 2. The predicted molar refractivity (Wildman–Crippen MR) is 205 cm³/mol. The number of hydrogen-bond acceptors (Lipinski definition) is 8. The molecule has 290 valence electrons. The molecule has 2 aromatic rings. The second-order valence-electron chi connectivity index (χ2n) is 17.7. The normalized spacial score (nSPS) is 12.3. The van der Waals surface area contributed by atoms with Gasteiger partial charge in [-0.3, -0.25) is 19.2 Å². The van der Waals surface area contributed by atoms with Crippen molar-refractivity contribution in [1.29, 1.82) is 0 Å². The molecule has 0 atom stereocenters. The highest BCUT2D eigenvalue weighted by molar-refractivity contribution is 5.83. The molecule has 0 saturated carbocycles. The summed E-state index contributed by atoms with van der Waals surface area (Å²) in [5, 5.41) is 27.1. The molecule has 0 radical (unpaired) electrons. The van der Waals surface area contributed by atoms with Crippen molar-refractivity contribution < 1.29 is 38.9 Å². The topological polar surface area (TPSA) is 151 Å². The second kappa shape index (κ2) is 18.1. The fourth-order valence-corrected chi connectivity index (χ4v) is 5.72. The highest BCUT2D eigenvalue weighted by Gasteiger charge is 2.28. The Morgan fingerprint density at radius 3 is 1.02 bits per heavy atom. The van der Waals surface area contributed by atoms with Gasteiger partial charge < -0.3 is 30.3 Å². The number of nitrogens with one attached hydrogen (secondary N) is 2. The predicted octanol–water partition coefficient (Wildman–Crippen LogP) is 6.95. The maximum atomic E-state index is 12.4. The minimum atomic E-state index is -0.387. The van der Waals surface area contributed by atoms with Gasteiger partial charge in [0.2, 0.25) is 11.8 Å². The molecule has 52 heavy (non-hydrogen) atoms. The first kappa shape index (κ1) is 44.1. The van der Waals surface area contributed by atoms with Crippen LogP contribution in [-0.4, -0.2) is 60.3 Å². The molecule has 0 heterocycles. The van der Waals surface area contributed by atoms with E-state index in [-0.39, 0.29) is 97.4 Å². The summed E-state index contributed by atoms with van der Waals surface area (Å²) in [6, 6.07) is 7.80. The lowest BCUT2D eigenvalue weighted by atomic mass is 9.78. The van der Waals surface area contributed by atoms with Crippen molar-refractivity contribution in [3.8, 4) is 11.5 Å². The number of benzene rings is 2. The van der Waals surface area contributed by atoms with Crippen LogP contribution < -0.4 is 10.6 Å². The maximum absolute atomic E-state index is 12.4. The molecule has 0 bridgehead atoms. The average Bonchev–Trinajstić information content (AvgIpc) is 3.00. The molecule has 0 aliphatic rings. The molecule has 0 aliphatic heterocycles.